The average molecular weight is 486 g/mol. The van der Waals surface area contributed by atoms with Gasteiger partial charge in [0, 0.05) is 22.6 Å². The van der Waals surface area contributed by atoms with E-state index in [1.807, 2.05) is 110 Å². The second-order valence-electron chi connectivity index (χ2n) is 8.80. The fourth-order valence-electron chi connectivity index (χ4n) is 4.58. The van der Waals surface area contributed by atoms with Gasteiger partial charge in [0.05, 0.1) is 5.39 Å². The van der Waals surface area contributed by atoms with Gasteiger partial charge in [-0.15, -0.1) is 0 Å². The molecule has 0 fully saturated rings. The van der Waals surface area contributed by atoms with Crippen LogP contribution >= 0.6 is 0 Å². The van der Waals surface area contributed by atoms with Crippen LogP contribution < -0.4 is 5.63 Å². The number of fused-ring (bicyclic) bond motifs is 3. The monoisotopic (exact) mass is 485 g/mol. The molecule has 37 heavy (non-hydrogen) atoms. The lowest BCUT2D eigenvalue weighted by molar-refractivity contribution is 0.130. The summed E-state index contributed by atoms with van der Waals surface area (Å²) in [6.07, 6.45) is 0. The maximum Gasteiger partial charge on any atom is 0.336 e. The maximum absolute atomic E-state index is 12.4. The Balaban J connectivity index is 1.63. The normalized spacial score (nSPS) is 11.8. The molecule has 2 aromatic heterocycles. The number of nitrogens with zero attached hydrogens (tertiary/aromatic N) is 1. The van der Waals surface area contributed by atoms with Crippen molar-refractivity contribution in [2.24, 2.45) is 5.16 Å². The zero-order valence-electron chi connectivity index (χ0n) is 20.2. The number of aryl methyl sites for hydroxylation is 1. The Morgan fingerprint density at radius 1 is 0.811 bits per heavy atom. The van der Waals surface area contributed by atoms with Crippen LogP contribution in [0.4, 0.5) is 0 Å². The van der Waals surface area contributed by atoms with E-state index in [0.29, 0.717) is 29.2 Å². The molecule has 6 aromatic rings. The summed E-state index contributed by atoms with van der Waals surface area (Å²) >= 11 is 0. The molecule has 0 aliphatic carbocycles. The highest BCUT2D eigenvalue weighted by Gasteiger charge is 2.25. The minimum Gasteiger partial charge on any atom is -0.453 e. The third-order valence-corrected chi connectivity index (χ3v) is 6.33. The lowest BCUT2D eigenvalue weighted by Gasteiger charge is -2.09. The number of hydrogen-bond donors (Lipinski definition) is 0. The summed E-state index contributed by atoms with van der Waals surface area (Å²) < 4.78 is 12.3. The predicted octanol–water partition coefficient (Wildman–Crippen LogP) is 7.48. The van der Waals surface area contributed by atoms with Crippen LogP contribution in [-0.2, 0) is 11.4 Å². The third kappa shape index (κ3) is 4.32. The van der Waals surface area contributed by atoms with E-state index >= 15 is 0 Å². The standard InChI is InChI=1S/C32H23NO4/c1-21-19-27(34)37-31-25(21)17-18-26-29(31)28(23-13-7-3-8-14-23)32(36-26)30(24-15-9-4-10-16-24)33-35-20-22-11-5-2-6-12-22/h2-19H,20H2,1H3/b33-30+. The van der Waals surface area contributed by atoms with Crippen LogP contribution in [0.15, 0.2) is 128 Å². The van der Waals surface area contributed by atoms with Gasteiger partial charge in [0.2, 0.25) is 0 Å². The summed E-state index contributed by atoms with van der Waals surface area (Å²) in [5, 5.41) is 6.17. The number of benzene rings is 4. The van der Waals surface area contributed by atoms with E-state index < -0.39 is 5.63 Å². The second-order valence-corrected chi connectivity index (χ2v) is 8.80. The van der Waals surface area contributed by atoms with E-state index in [1.54, 1.807) is 0 Å². The first-order valence-electron chi connectivity index (χ1n) is 12.0. The van der Waals surface area contributed by atoms with Crippen LogP contribution in [-0.4, -0.2) is 5.71 Å². The zero-order valence-corrected chi connectivity index (χ0v) is 20.2. The molecule has 0 spiro atoms. The van der Waals surface area contributed by atoms with Crippen molar-refractivity contribution in [2.75, 3.05) is 0 Å². The summed E-state index contributed by atoms with van der Waals surface area (Å²) in [6, 6.07) is 34.9. The first-order valence-corrected chi connectivity index (χ1v) is 12.0. The van der Waals surface area contributed by atoms with Crippen molar-refractivity contribution < 1.29 is 13.7 Å². The number of hydrogen-bond acceptors (Lipinski definition) is 5. The van der Waals surface area contributed by atoms with Gasteiger partial charge in [-0.25, -0.2) is 4.79 Å². The molecule has 0 radical (unpaired) electrons. The molecule has 5 nitrogen and oxygen atoms in total. The molecule has 6 rings (SSSR count). The summed E-state index contributed by atoms with van der Waals surface area (Å²) in [5.41, 5.74) is 5.65. The van der Waals surface area contributed by atoms with Crippen LogP contribution in [0.2, 0.25) is 0 Å². The smallest absolute Gasteiger partial charge is 0.336 e. The molecule has 0 atom stereocenters. The van der Waals surface area contributed by atoms with Crippen LogP contribution in [0.5, 0.6) is 0 Å². The molecular formula is C32H23NO4. The molecule has 0 N–H and O–H groups in total. The fourth-order valence-corrected chi connectivity index (χ4v) is 4.58. The fraction of sp³-hybridized carbons (Fsp3) is 0.0625. The highest BCUT2D eigenvalue weighted by atomic mass is 16.6. The van der Waals surface area contributed by atoms with Crippen molar-refractivity contribution in [1.29, 1.82) is 0 Å². The lowest BCUT2D eigenvalue weighted by atomic mass is 9.96. The molecule has 5 heteroatoms. The van der Waals surface area contributed by atoms with E-state index in [0.717, 1.165) is 38.6 Å². The Kier molecular flexibility index (Phi) is 5.87. The Bertz CT molecular complexity index is 1780. The van der Waals surface area contributed by atoms with Crippen molar-refractivity contribution in [1.82, 2.24) is 0 Å². The molecular weight excluding hydrogens is 462 g/mol. The van der Waals surface area contributed by atoms with Gasteiger partial charge >= 0.3 is 5.63 Å². The van der Waals surface area contributed by atoms with E-state index in [1.165, 1.54) is 6.07 Å². The van der Waals surface area contributed by atoms with Gasteiger partial charge < -0.3 is 13.7 Å². The van der Waals surface area contributed by atoms with Crippen molar-refractivity contribution in [3.05, 3.63) is 142 Å². The largest absolute Gasteiger partial charge is 0.453 e. The van der Waals surface area contributed by atoms with Gasteiger partial charge in [-0.1, -0.05) is 96.2 Å². The molecule has 0 aliphatic rings. The highest BCUT2D eigenvalue weighted by Crippen LogP contribution is 2.40. The molecule has 4 aromatic carbocycles. The summed E-state index contributed by atoms with van der Waals surface area (Å²) in [5.74, 6) is 0.539. The Morgan fingerprint density at radius 3 is 2.22 bits per heavy atom. The molecule has 0 bridgehead atoms. The van der Waals surface area contributed by atoms with E-state index in [9.17, 15) is 4.79 Å². The van der Waals surface area contributed by atoms with Crippen molar-refractivity contribution >= 4 is 27.7 Å². The Hall–Kier alpha value is -4.90. The van der Waals surface area contributed by atoms with Crippen LogP contribution in [0.1, 0.15) is 22.5 Å². The van der Waals surface area contributed by atoms with Gasteiger partial charge in [0.25, 0.3) is 0 Å². The second kappa shape index (κ2) is 9.63. The first kappa shape index (κ1) is 22.6. The molecule has 0 saturated heterocycles. The number of oxime groups is 1. The SMILES string of the molecule is Cc1cc(=O)oc2c1ccc1oc(/C(=N/OCc3ccccc3)c3ccccc3)c(-c3ccccc3)c12. The van der Waals surface area contributed by atoms with Crippen LogP contribution in [0, 0.1) is 6.92 Å². The minimum absolute atomic E-state index is 0.315. The minimum atomic E-state index is -0.401. The van der Waals surface area contributed by atoms with E-state index in [4.69, 9.17) is 13.7 Å². The van der Waals surface area contributed by atoms with Crippen LogP contribution in [0.3, 0.4) is 0 Å². The quantitative estimate of drug-likeness (QED) is 0.139. The average Bonchev–Trinajstić information content (AvgIpc) is 3.32. The van der Waals surface area contributed by atoms with Gasteiger partial charge in [-0.3, -0.25) is 0 Å². The number of rotatable bonds is 6. The van der Waals surface area contributed by atoms with Gasteiger partial charge in [-0.2, -0.15) is 0 Å². The van der Waals surface area contributed by atoms with Crippen molar-refractivity contribution in [3.8, 4) is 11.1 Å². The van der Waals surface area contributed by atoms with Gasteiger partial charge in [0.15, 0.2) is 11.5 Å². The Morgan fingerprint density at radius 2 is 1.49 bits per heavy atom. The molecule has 0 aliphatic heterocycles. The topological polar surface area (TPSA) is 64.9 Å². The van der Waals surface area contributed by atoms with Crippen molar-refractivity contribution in [3.63, 3.8) is 0 Å². The number of furan rings is 1. The molecule has 2 heterocycles. The zero-order chi connectivity index (χ0) is 25.2. The van der Waals surface area contributed by atoms with E-state index in [-0.39, 0.29) is 0 Å². The van der Waals surface area contributed by atoms with Gasteiger partial charge in [0.1, 0.15) is 17.8 Å². The third-order valence-electron chi connectivity index (χ3n) is 6.33. The summed E-state index contributed by atoms with van der Waals surface area (Å²) in [6.45, 7) is 2.22. The van der Waals surface area contributed by atoms with E-state index in [2.05, 4.69) is 5.16 Å². The summed E-state index contributed by atoms with van der Waals surface area (Å²) in [7, 11) is 0. The molecule has 0 saturated carbocycles. The predicted molar refractivity (Wildman–Crippen MR) is 146 cm³/mol. The molecule has 0 unspecified atom stereocenters. The Labute approximate surface area is 213 Å². The first-order chi connectivity index (χ1) is 18.2. The van der Waals surface area contributed by atoms with Crippen molar-refractivity contribution in [2.45, 2.75) is 13.5 Å². The lowest BCUT2D eigenvalue weighted by Crippen LogP contribution is -2.05. The molecule has 180 valence electrons. The molecule has 0 amide bonds. The maximum atomic E-state index is 12.4. The van der Waals surface area contributed by atoms with Gasteiger partial charge in [-0.05, 0) is 35.7 Å². The summed E-state index contributed by atoms with van der Waals surface area (Å²) in [4.78, 5) is 18.3. The van der Waals surface area contributed by atoms with Crippen LogP contribution in [0.25, 0.3) is 33.1 Å². The highest BCUT2D eigenvalue weighted by molar-refractivity contribution is 6.21.